The van der Waals surface area contributed by atoms with Gasteiger partial charge in [-0.15, -0.1) is 0 Å². The summed E-state index contributed by atoms with van der Waals surface area (Å²) >= 11 is 0. The number of hydrogen-bond donors (Lipinski definition) is 0. The lowest BCUT2D eigenvalue weighted by atomic mass is 9.83. The molecule has 4 aromatic heterocycles. The van der Waals surface area contributed by atoms with Crippen molar-refractivity contribution in [3.63, 3.8) is 0 Å². The minimum Gasteiger partial charge on any atom is -0.309 e. The van der Waals surface area contributed by atoms with Crippen molar-refractivity contribution >= 4 is 65.4 Å². The number of fused-ring (bicyclic) bond motifs is 9. The molecule has 4 heteroatoms. The van der Waals surface area contributed by atoms with Crippen LogP contribution in [0, 0.1) is 6.92 Å². The van der Waals surface area contributed by atoms with Crippen molar-refractivity contribution in [2.24, 2.45) is 7.05 Å². The van der Waals surface area contributed by atoms with Crippen molar-refractivity contribution in [1.29, 1.82) is 0 Å². The summed E-state index contributed by atoms with van der Waals surface area (Å²) in [6, 6.07) is 51.3. The molecule has 6 aromatic carbocycles. The van der Waals surface area contributed by atoms with Crippen molar-refractivity contribution < 1.29 is 4.57 Å². The predicted molar refractivity (Wildman–Crippen MR) is 214 cm³/mol. The number of para-hydroxylation sites is 4. The summed E-state index contributed by atoms with van der Waals surface area (Å²) in [4.78, 5) is 0. The number of benzene rings is 6. The molecule has 0 N–H and O–H groups in total. The Hall–Kier alpha value is -6.13. The van der Waals surface area contributed by atoms with Crippen LogP contribution in [-0.2, 0) is 12.5 Å². The van der Waals surface area contributed by atoms with Crippen LogP contribution in [0.5, 0.6) is 0 Å². The molecule has 0 saturated carbocycles. The molecule has 51 heavy (non-hydrogen) atoms. The van der Waals surface area contributed by atoms with Gasteiger partial charge in [-0.2, -0.15) is 4.57 Å². The fourth-order valence-corrected chi connectivity index (χ4v) is 8.76. The molecule has 0 bridgehead atoms. The number of pyridine rings is 1. The SMILES string of the molecule is Cc1c(C(C)(C)C)ccc2c3cc(-n4c5ccccc5c5ccccc54)ccc3n(-c3cc(-n4c5ccccc5c5ccccc54)cc[n+]3C)c12. The largest absolute Gasteiger partial charge is 0.309 e. The smallest absolute Gasteiger partial charge is 0.288 e. The quantitative estimate of drug-likeness (QED) is 0.168. The van der Waals surface area contributed by atoms with E-state index in [0.29, 0.717) is 0 Å². The van der Waals surface area contributed by atoms with E-state index in [0.717, 1.165) is 11.5 Å². The van der Waals surface area contributed by atoms with Crippen LogP contribution < -0.4 is 4.57 Å². The average Bonchev–Trinajstić information content (AvgIpc) is 3.78. The van der Waals surface area contributed by atoms with E-state index in [1.54, 1.807) is 0 Å². The van der Waals surface area contributed by atoms with Gasteiger partial charge in [-0.25, -0.2) is 4.57 Å². The van der Waals surface area contributed by atoms with Crippen molar-refractivity contribution in [1.82, 2.24) is 13.7 Å². The highest BCUT2D eigenvalue weighted by atomic mass is 15.1. The molecule has 0 fully saturated rings. The van der Waals surface area contributed by atoms with E-state index in [9.17, 15) is 0 Å². The summed E-state index contributed by atoms with van der Waals surface area (Å²) in [7, 11) is 2.16. The lowest BCUT2D eigenvalue weighted by molar-refractivity contribution is -0.665. The Morgan fingerprint density at radius 2 is 0.922 bits per heavy atom. The van der Waals surface area contributed by atoms with E-state index in [1.807, 2.05) is 0 Å². The average molecular weight is 660 g/mol. The van der Waals surface area contributed by atoms with Crippen LogP contribution in [0.15, 0.2) is 146 Å². The zero-order valence-electron chi connectivity index (χ0n) is 29.6. The van der Waals surface area contributed by atoms with Gasteiger partial charge in [0.15, 0.2) is 0 Å². The maximum absolute atomic E-state index is 2.50. The Morgan fingerprint density at radius 3 is 1.43 bits per heavy atom. The second kappa shape index (κ2) is 10.7. The molecule has 10 aromatic rings. The molecule has 4 nitrogen and oxygen atoms in total. The van der Waals surface area contributed by atoms with Gasteiger partial charge in [0.05, 0.1) is 47.1 Å². The van der Waals surface area contributed by atoms with E-state index in [2.05, 4.69) is 199 Å². The second-order valence-corrected chi connectivity index (χ2v) is 15.0. The Balaban J connectivity index is 1.29. The fraction of sp³-hybridized carbons (Fsp3) is 0.128. The third kappa shape index (κ3) is 4.23. The Bertz CT molecular complexity index is 2930. The van der Waals surface area contributed by atoms with E-state index in [1.165, 1.54) is 82.2 Å². The molecule has 0 saturated heterocycles. The molecular weight excluding hydrogens is 621 g/mol. The topological polar surface area (TPSA) is 18.7 Å². The first-order chi connectivity index (χ1) is 24.8. The third-order valence-electron chi connectivity index (χ3n) is 11.0. The van der Waals surface area contributed by atoms with E-state index in [4.69, 9.17) is 0 Å². The van der Waals surface area contributed by atoms with Crippen molar-refractivity contribution in [3.8, 4) is 17.2 Å². The van der Waals surface area contributed by atoms with Crippen LogP contribution in [0.3, 0.4) is 0 Å². The van der Waals surface area contributed by atoms with Gasteiger partial charge in [0.25, 0.3) is 5.82 Å². The first kappa shape index (κ1) is 29.8. The molecule has 0 radical (unpaired) electrons. The Labute approximate surface area is 297 Å². The summed E-state index contributed by atoms with van der Waals surface area (Å²) in [6.45, 7) is 9.26. The Morgan fingerprint density at radius 1 is 0.451 bits per heavy atom. The second-order valence-electron chi connectivity index (χ2n) is 15.0. The van der Waals surface area contributed by atoms with Gasteiger partial charge in [0.2, 0.25) is 0 Å². The highest BCUT2D eigenvalue weighted by Crippen LogP contribution is 2.40. The highest BCUT2D eigenvalue weighted by Gasteiger charge is 2.28. The molecule has 10 rings (SSSR count). The normalized spacial score (nSPS) is 12.4. The molecule has 0 amide bonds. The summed E-state index contributed by atoms with van der Waals surface area (Å²) in [6.07, 6.45) is 2.21. The van der Waals surface area contributed by atoms with Gasteiger partial charge in [0.1, 0.15) is 11.0 Å². The molecule has 246 valence electrons. The zero-order chi connectivity index (χ0) is 34.6. The number of rotatable bonds is 3. The molecule has 0 aliphatic carbocycles. The van der Waals surface area contributed by atoms with Gasteiger partial charge in [-0.05, 0) is 66.4 Å². The summed E-state index contributed by atoms with van der Waals surface area (Å²) in [5.41, 5.74) is 12.3. The molecule has 0 aliphatic rings. The third-order valence-corrected chi connectivity index (χ3v) is 11.0. The number of aromatic nitrogens is 4. The lowest BCUT2D eigenvalue weighted by Crippen LogP contribution is -2.33. The molecule has 4 heterocycles. The molecule has 0 unspecified atom stereocenters. The predicted octanol–water partition coefficient (Wildman–Crippen LogP) is 11.4. The maximum Gasteiger partial charge on any atom is 0.288 e. The van der Waals surface area contributed by atoms with Crippen LogP contribution in [0.2, 0.25) is 0 Å². The number of nitrogens with zero attached hydrogens (tertiary/aromatic N) is 4. The van der Waals surface area contributed by atoms with E-state index in [-0.39, 0.29) is 5.41 Å². The summed E-state index contributed by atoms with van der Waals surface area (Å²) in [5, 5.41) is 7.59. The van der Waals surface area contributed by atoms with Crippen molar-refractivity contribution in [3.05, 3.63) is 157 Å². The first-order valence-corrected chi connectivity index (χ1v) is 17.8. The van der Waals surface area contributed by atoms with Gasteiger partial charge in [-0.1, -0.05) is 99.6 Å². The van der Waals surface area contributed by atoms with Gasteiger partial charge >= 0.3 is 0 Å². The van der Waals surface area contributed by atoms with Gasteiger partial charge in [-0.3, -0.25) is 0 Å². The maximum atomic E-state index is 2.50. The minimum atomic E-state index is 0.000691. The molecule has 0 aliphatic heterocycles. The fourth-order valence-electron chi connectivity index (χ4n) is 8.76. The van der Waals surface area contributed by atoms with Gasteiger partial charge in [0, 0.05) is 49.6 Å². The van der Waals surface area contributed by atoms with Gasteiger partial charge < -0.3 is 9.13 Å². The van der Waals surface area contributed by atoms with Crippen molar-refractivity contribution in [2.45, 2.75) is 33.1 Å². The summed E-state index contributed by atoms with van der Waals surface area (Å²) < 4.78 is 9.60. The van der Waals surface area contributed by atoms with Crippen LogP contribution >= 0.6 is 0 Å². The first-order valence-electron chi connectivity index (χ1n) is 17.8. The zero-order valence-corrected chi connectivity index (χ0v) is 29.6. The van der Waals surface area contributed by atoms with E-state index < -0.39 is 0 Å². The van der Waals surface area contributed by atoms with Crippen LogP contribution in [0.4, 0.5) is 0 Å². The van der Waals surface area contributed by atoms with Crippen LogP contribution in [0.25, 0.3) is 82.6 Å². The molecule has 0 atom stereocenters. The number of hydrogen-bond acceptors (Lipinski definition) is 0. The Kier molecular flexibility index (Phi) is 6.23. The van der Waals surface area contributed by atoms with Crippen molar-refractivity contribution in [2.75, 3.05) is 0 Å². The van der Waals surface area contributed by atoms with Crippen LogP contribution in [-0.4, -0.2) is 13.7 Å². The molecule has 0 spiro atoms. The summed E-state index contributed by atoms with van der Waals surface area (Å²) in [5.74, 6) is 1.12. The standard InChI is InChI=1S/C47H39N4/c1-30-39(47(2,3)4)24-23-37-38-28-31(49-40-18-10-6-14-33(40)34-15-7-11-19-41(34)49)22-25-44(38)51(46(30)37)45-29-32(26-27-48(45)5)50-42-20-12-8-16-35(42)36-17-9-13-21-43(36)50/h6-29H,1-5H3/q+1. The van der Waals surface area contributed by atoms with Crippen LogP contribution in [0.1, 0.15) is 31.9 Å². The molecular formula is C47H39N4+. The lowest BCUT2D eigenvalue weighted by Gasteiger charge is -2.22. The highest BCUT2D eigenvalue weighted by molar-refractivity contribution is 6.13. The number of aryl methyl sites for hydroxylation is 2. The minimum absolute atomic E-state index is 0.000691. The van der Waals surface area contributed by atoms with E-state index >= 15 is 0 Å². The monoisotopic (exact) mass is 659 g/mol.